The smallest absolute Gasteiger partial charge is 0.432 e. The van der Waals surface area contributed by atoms with Crippen molar-refractivity contribution in [2.45, 2.75) is 43.8 Å². The summed E-state index contributed by atoms with van der Waals surface area (Å²) in [6, 6.07) is 6.70. The van der Waals surface area contributed by atoms with Crippen molar-refractivity contribution in [1.29, 1.82) is 0 Å². The number of hydrogen-bond acceptors (Lipinski definition) is 4. The molecule has 0 fully saturated rings. The van der Waals surface area contributed by atoms with Crippen LogP contribution in [0.25, 0.3) is 0 Å². The van der Waals surface area contributed by atoms with Gasteiger partial charge in [-0.1, -0.05) is 30.0 Å². The number of para-hydroxylation sites is 1. The van der Waals surface area contributed by atoms with E-state index in [1.165, 1.54) is 0 Å². The van der Waals surface area contributed by atoms with Crippen molar-refractivity contribution in [1.82, 2.24) is 0 Å². The van der Waals surface area contributed by atoms with E-state index in [0.717, 1.165) is 12.8 Å². The van der Waals surface area contributed by atoms with Crippen LogP contribution in [0.5, 0.6) is 5.75 Å². The van der Waals surface area contributed by atoms with Gasteiger partial charge < -0.3 is 9.47 Å². The monoisotopic (exact) mass is 365 g/mol. The number of rotatable bonds is 8. The highest BCUT2D eigenvalue weighted by Crippen LogP contribution is 2.48. The van der Waals surface area contributed by atoms with E-state index in [0.29, 0.717) is 17.7 Å². The second-order valence-electron chi connectivity index (χ2n) is 4.96. The van der Waals surface area contributed by atoms with E-state index in [1.807, 2.05) is 6.92 Å². The maximum atomic E-state index is 12.6. The molecule has 0 N–H and O–H groups in total. The molecule has 7 heteroatoms. The Morgan fingerprint density at radius 1 is 1.32 bits per heavy atom. The zero-order valence-corrected chi connectivity index (χ0v) is 15.3. The Morgan fingerprint density at radius 2 is 1.95 bits per heavy atom. The summed E-state index contributed by atoms with van der Waals surface area (Å²) in [6.45, 7) is 5.86. The molecule has 0 aliphatic heterocycles. The fourth-order valence-corrected chi connectivity index (χ4v) is 3.31. The van der Waals surface area contributed by atoms with Crippen molar-refractivity contribution in [3.63, 3.8) is 0 Å². The van der Waals surface area contributed by atoms with E-state index in [9.17, 15) is 9.36 Å². The molecular formula is C15H20Cl2O4P+. The number of carbonyl (C=O) groups is 1. The van der Waals surface area contributed by atoms with Crippen LogP contribution in [-0.2, 0) is 14.1 Å². The second-order valence-corrected chi connectivity index (χ2v) is 8.56. The minimum absolute atomic E-state index is 0.305. The molecular weight excluding hydrogens is 346 g/mol. The predicted molar refractivity (Wildman–Crippen MR) is 89.8 cm³/mol. The van der Waals surface area contributed by atoms with Crippen LogP contribution in [0.4, 0.5) is 0 Å². The number of esters is 1. The Labute approximate surface area is 141 Å². The normalized spacial score (nSPS) is 12.2. The fraction of sp³-hybridized carbons (Fsp3) is 0.533. The number of halogens is 2. The van der Waals surface area contributed by atoms with Gasteiger partial charge in [-0.05, 0) is 55.6 Å². The molecule has 0 aliphatic carbocycles. The molecule has 0 heterocycles. The summed E-state index contributed by atoms with van der Waals surface area (Å²) in [5.74, 6) is -0.504. The summed E-state index contributed by atoms with van der Waals surface area (Å²) in [7, 11) is -2.45. The maximum Gasteiger partial charge on any atom is 0.432 e. The van der Waals surface area contributed by atoms with Crippen molar-refractivity contribution in [3.05, 3.63) is 24.3 Å². The Morgan fingerprint density at radius 3 is 2.55 bits per heavy atom. The quantitative estimate of drug-likeness (QED) is 0.296. The standard InChI is InChI=1S/C15H20Cl2O4P/c1-4-5-10-20-12-8-6-7-9-13(12)22(19)15(16,17)14(18)21-11(2)3/h6-9,11H,4-5,10H2,1-3H3/q+1. The summed E-state index contributed by atoms with van der Waals surface area (Å²) in [6.07, 6.45) is 1.45. The third-order valence-electron chi connectivity index (χ3n) is 2.68. The minimum atomic E-state index is -2.45. The Bertz CT molecular complexity index is 532. The molecule has 0 bridgehead atoms. The molecule has 0 spiro atoms. The zero-order valence-electron chi connectivity index (χ0n) is 12.8. The van der Waals surface area contributed by atoms with E-state index >= 15 is 0 Å². The van der Waals surface area contributed by atoms with Crippen molar-refractivity contribution >= 4 is 42.3 Å². The van der Waals surface area contributed by atoms with Crippen molar-refractivity contribution in [3.8, 4) is 5.75 Å². The van der Waals surface area contributed by atoms with Crippen LogP contribution >= 0.6 is 31.0 Å². The molecule has 1 aromatic carbocycles. The zero-order chi connectivity index (χ0) is 16.8. The van der Waals surface area contributed by atoms with Gasteiger partial charge in [-0.2, -0.15) is 0 Å². The van der Waals surface area contributed by atoms with Crippen molar-refractivity contribution in [2.75, 3.05) is 6.61 Å². The van der Waals surface area contributed by atoms with Crippen LogP contribution < -0.4 is 10.0 Å². The lowest BCUT2D eigenvalue weighted by atomic mass is 10.3. The summed E-state index contributed by atoms with van der Waals surface area (Å²) in [5, 5.41) is 0.305. The maximum absolute atomic E-state index is 12.6. The molecule has 0 aromatic heterocycles. The van der Waals surface area contributed by atoms with Gasteiger partial charge in [0.2, 0.25) is 5.30 Å². The van der Waals surface area contributed by atoms with Gasteiger partial charge in [0, 0.05) is 0 Å². The highest BCUT2D eigenvalue weighted by Gasteiger charge is 2.57. The van der Waals surface area contributed by atoms with Gasteiger partial charge in [0.15, 0.2) is 5.75 Å². The Kier molecular flexibility index (Phi) is 7.61. The molecule has 122 valence electrons. The summed E-state index contributed by atoms with van der Waals surface area (Å²) >= 11 is 12.0. The molecule has 0 aliphatic rings. The van der Waals surface area contributed by atoms with E-state index in [1.54, 1.807) is 38.1 Å². The van der Waals surface area contributed by atoms with Gasteiger partial charge in [-0.25, -0.2) is 4.79 Å². The lowest BCUT2D eigenvalue weighted by Crippen LogP contribution is -2.30. The molecule has 0 saturated heterocycles. The van der Waals surface area contributed by atoms with Crippen LogP contribution in [0, 0.1) is 0 Å². The minimum Gasteiger partial charge on any atom is -0.489 e. The molecule has 1 rings (SSSR count). The van der Waals surface area contributed by atoms with Gasteiger partial charge in [-0.15, -0.1) is 0 Å². The van der Waals surface area contributed by atoms with Gasteiger partial charge in [-0.3, -0.25) is 0 Å². The topological polar surface area (TPSA) is 52.6 Å². The number of carbonyl (C=O) groups excluding carboxylic acids is 1. The van der Waals surface area contributed by atoms with E-state index in [-0.39, 0.29) is 0 Å². The van der Waals surface area contributed by atoms with Gasteiger partial charge in [0.25, 0.3) is 0 Å². The molecule has 1 atom stereocenters. The highest BCUT2D eigenvalue weighted by atomic mass is 35.5. The van der Waals surface area contributed by atoms with E-state index in [2.05, 4.69) is 0 Å². The van der Waals surface area contributed by atoms with Gasteiger partial charge in [0.05, 0.1) is 12.7 Å². The predicted octanol–water partition coefficient (Wildman–Crippen LogP) is 4.40. The van der Waals surface area contributed by atoms with Crippen LogP contribution in [-0.4, -0.2) is 22.8 Å². The van der Waals surface area contributed by atoms with Crippen LogP contribution in [0.1, 0.15) is 33.6 Å². The first-order valence-electron chi connectivity index (χ1n) is 7.08. The lowest BCUT2D eigenvalue weighted by molar-refractivity contribution is -0.146. The third kappa shape index (κ3) is 5.12. The van der Waals surface area contributed by atoms with Crippen molar-refractivity contribution in [2.24, 2.45) is 0 Å². The average molecular weight is 366 g/mol. The first kappa shape index (κ1) is 19.2. The van der Waals surface area contributed by atoms with Crippen LogP contribution in [0.15, 0.2) is 24.3 Å². The summed E-state index contributed by atoms with van der Waals surface area (Å²) in [5.41, 5.74) is 0. The van der Waals surface area contributed by atoms with E-state index in [4.69, 9.17) is 32.7 Å². The van der Waals surface area contributed by atoms with Gasteiger partial charge >= 0.3 is 17.8 Å². The second kappa shape index (κ2) is 8.71. The number of hydrogen-bond donors (Lipinski definition) is 0. The largest absolute Gasteiger partial charge is 0.489 e. The first-order chi connectivity index (χ1) is 10.3. The molecule has 1 unspecified atom stereocenters. The third-order valence-corrected chi connectivity index (χ3v) is 5.41. The SMILES string of the molecule is CCCCOc1ccccc1[P+](=O)C(Cl)(Cl)C(=O)OC(C)C. The summed E-state index contributed by atoms with van der Waals surface area (Å²) in [4.78, 5) is 12.0. The molecule has 1 aromatic rings. The number of ether oxygens (including phenoxy) is 2. The molecule has 0 saturated carbocycles. The van der Waals surface area contributed by atoms with E-state index < -0.39 is 23.9 Å². The Balaban J connectivity index is 2.98. The molecule has 0 radical (unpaired) electrons. The Hall–Kier alpha value is -0.830. The fourth-order valence-electron chi connectivity index (χ4n) is 1.59. The highest BCUT2D eigenvalue weighted by molar-refractivity contribution is 7.61. The van der Waals surface area contributed by atoms with Gasteiger partial charge in [0.1, 0.15) is 0 Å². The number of alkyl halides is 2. The number of unbranched alkanes of at least 4 members (excludes halogenated alkanes) is 1. The molecule has 0 amide bonds. The van der Waals surface area contributed by atoms with Crippen LogP contribution in [0.3, 0.4) is 0 Å². The molecule has 22 heavy (non-hydrogen) atoms. The number of benzene rings is 1. The van der Waals surface area contributed by atoms with Crippen molar-refractivity contribution < 1.29 is 18.8 Å². The van der Waals surface area contributed by atoms with Crippen LogP contribution in [0.2, 0.25) is 0 Å². The lowest BCUT2D eigenvalue weighted by Gasteiger charge is -2.12. The summed E-state index contributed by atoms with van der Waals surface area (Å²) < 4.78 is 21.1. The average Bonchev–Trinajstić information content (AvgIpc) is 2.46. The molecule has 4 nitrogen and oxygen atoms in total. The first-order valence-corrected chi connectivity index (χ1v) is 9.10.